The third kappa shape index (κ3) is 4.08. The molecule has 3 aromatic rings. The fraction of sp³-hybridized carbons (Fsp3) is 0.118. The van der Waals surface area contributed by atoms with Gasteiger partial charge in [-0.25, -0.2) is 4.98 Å². The predicted molar refractivity (Wildman–Crippen MR) is 96.5 cm³/mol. The topological polar surface area (TPSA) is 79.5 Å². The van der Waals surface area contributed by atoms with Gasteiger partial charge in [0, 0.05) is 23.6 Å². The molecule has 0 unspecified atom stereocenters. The molecule has 0 saturated carbocycles. The van der Waals surface area contributed by atoms with Crippen molar-refractivity contribution in [1.82, 2.24) is 4.98 Å². The fourth-order valence-corrected chi connectivity index (χ4v) is 2.73. The summed E-state index contributed by atoms with van der Waals surface area (Å²) in [6.45, 7) is 3.37. The smallest absolute Gasteiger partial charge is 0.221 e. The average molecular weight is 340 g/mol. The highest BCUT2D eigenvalue weighted by molar-refractivity contribution is 7.14. The Morgan fingerprint density at radius 2 is 2.04 bits per heavy atom. The molecule has 3 rings (SSSR count). The van der Waals surface area contributed by atoms with Crippen molar-refractivity contribution in [3.8, 4) is 11.3 Å². The number of aryl methyl sites for hydroxylation is 1. The summed E-state index contributed by atoms with van der Waals surface area (Å²) in [5.41, 5.74) is 5.47. The molecule has 2 aromatic heterocycles. The van der Waals surface area contributed by atoms with E-state index in [2.05, 4.69) is 20.8 Å². The Kier molecular flexibility index (Phi) is 4.72. The molecule has 24 heavy (non-hydrogen) atoms. The van der Waals surface area contributed by atoms with Crippen molar-refractivity contribution in [2.45, 2.75) is 13.8 Å². The Labute approximate surface area is 143 Å². The van der Waals surface area contributed by atoms with Gasteiger partial charge in [0.15, 0.2) is 0 Å². The Morgan fingerprint density at radius 1 is 1.25 bits per heavy atom. The molecule has 2 N–H and O–H groups in total. The van der Waals surface area contributed by atoms with E-state index in [-0.39, 0.29) is 5.91 Å². The Morgan fingerprint density at radius 3 is 2.71 bits per heavy atom. The highest BCUT2D eigenvalue weighted by Crippen LogP contribution is 2.26. The summed E-state index contributed by atoms with van der Waals surface area (Å²) in [6.07, 6.45) is 1.61. The fourth-order valence-electron chi connectivity index (χ4n) is 2.06. The van der Waals surface area contributed by atoms with Crippen molar-refractivity contribution in [2.75, 3.05) is 10.7 Å². The number of nitrogens with zero attached hydrogens (tertiary/aromatic N) is 2. The van der Waals surface area contributed by atoms with Gasteiger partial charge in [-0.3, -0.25) is 10.2 Å². The van der Waals surface area contributed by atoms with Crippen molar-refractivity contribution in [1.29, 1.82) is 0 Å². The predicted octanol–water partition coefficient (Wildman–Crippen LogP) is 4.12. The zero-order valence-electron chi connectivity index (χ0n) is 13.2. The minimum atomic E-state index is -0.0903. The highest BCUT2D eigenvalue weighted by atomic mass is 32.1. The minimum absolute atomic E-state index is 0.0903. The van der Waals surface area contributed by atoms with E-state index in [1.165, 1.54) is 18.3 Å². The molecule has 0 aliphatic rings. The molecule has 0 saturated heterocycles. The molecule has 6 nitrogen and oxygen atoms in total. The van der Waals surface area contributed by atoms with Crippen LogP contribution in [0.4, 0.5) is 10.8 Å². The van der Waals surface area contributed by atoms with E-state index in [9.17, 15) is 4.79 Å². The van der Waals surface area contributed by atoms with Crippen LogP contribution in [0.1, 0.15) is 18.4 Å². The van der Waals surface area contributed by atoms with Gasteiger partial charge in [-0.2, -0.15) is 5.10 Å². The third-order valence-corrected chi connectivity index (χ3v) is 3.87. The van der Waals surface area contributed by atoms with Crippen LogP contribution in [0.25, 0.3) is 11.3 Å². The van der Waals surface area contributed by atoms with Crippen LogP contribution in [-0.2, 0) is 4.79 Å². The second kappa shape index (κ2) is 7.10. The van der Waals surface area contributed by atoms with Gasteiger partial charge in [0.1, 0.15) is 11.5 Å². The van der Waals surface area contributed by atoms with Crippen LogP contribution in [0.2, 0.25) is 0 Å². The first-order valence-corrected chi connectivity index (χ1v) is 8.17. The van der Waals surface area contributed by atoms with E-state index in [0.717, 1.165) is 22.7 Å². The SMILES string of the molecule is CC(=O)Nc1ccc(-c2csc(N/N=C\c3ccc(C)o3)n2)cc1. The quantitative estimate of drug-likeness (QED) is 0.541. The number of carbonyl (C=O) groups is 1. The number of nitrogens with one attached hydrogen (secondary N) is 2. The number of furan rings is 1. The molecule has 0 spiro atoms. The number of carbonyl (C=O) groups excluding carboxylic acids is 1. The van der Waals surface area contributed by atoms with E-state index < -0.39 is 0 Å². The van der Waals surface area contributed by atoms with Crippen molar-refractivity contribution in [3.63, 3.8) is 0 Å². The van der Waals surface area contributed by atoms with E-state index in [1.807, 2.05) is 48.7 Å². The van der Waals surface area contributed by atoms with Crippen molar-refractivity contribution in [3.05, 3.63) is 53.3 Å². The lowest BCUT2D eigenvalue weighted by Crippen LogP contribution is -2.05. The first-order chi connectivity index (χ1) is 11.6. The number of hydrogen-bond donors (Lipinski definition) is 2. The average Bonchev–Trinajstić information content (AvgIpc) is 3.17. The second-order valence-corrected chi connectivity index (χ2v) is 5.97. The van der Waals surface area contributed by atoms with Crippen LogP contribution in [0.3, 0.4) is 0 Å². The van der Waals surface area contributed by atoms with Gasteiger partial charge in [-0.1, -0.05) is 12.1 Å². The first-order valence-electron chi connectivity index (χ1n) is 7.29. The highest BCUT2D eigenvalue weighted by Gasteiger charge is 2.04. The summed E-state index contributed by atoms with van der Waals surface area (Å²) in [6, 6.07) is 11.3. The van der Waals surface area contributed by atoms with Gasteiger partial charge >= 0.3 is 0 Å². The lowest BCUT2D eigenvalue weighted by Gasteiger charge is -2.02. The Bertz CT molecular complexity index is 865. The maximum absolute atomic E-state index is 11.0. The van der Waals surface area contributed by atoms with Gasteiger partial charge in [0.25, 0.3) is 0 Å². The van der Waals surface area contributed by atoms with Crippen LogP contribution >= 0.6 is 11.3 Å². The van der Waals surface area contributed by atoms with Crippen LogP contribution < -0.4 is 10.7 Å². The number of amides is 1. The number of hydrazone groups is 1. The zero-order chi connectivity index (χ0) is 16.9. The molecule has 0 radical (unpaired) electrons. The molecule has 1 aromatic carbocycles. The summed E-state index contributed by atoms with van der Waals surface area (Å²) in [4.78, 5) is 15.5. The molecule has 0 atom stereocenters. The number of aromatic nitrogens is 1. The summed E-state index contributed by atoms with van der Waals surface area (Å²) >= 11 is 1.46. The van der Waals surface area contributed by atoms with Crippen molar-refractivity contribution < 1.29 is 9.21 Å². The third-order valence-electron chi connectivity index (χ3n) is 3.12. The number of benzene rings is 1. The maximum atomic E-state index is 11.0. The van der Waals surface area contributed by atoms with Gasteiger partial charge in [0.2, 0.25) is 11.0 Å². The lowest BCUT2D eigenvalue weighted by atomic mass is 10.1. The number of rotatable bonds is 5. The summed E-state index contributed by atoms with van der Waals surface area (Å²) in [5.74, 6) is 1.44. The van der Waals surface area contributed by atoms with E-state index in [0.29, 0.717) is 10.9 Å². The molecule has 0 bridgehead atoms. The van der Waals surface area contributed by atoms with Gasteiger partial charge in [0.05, 0.1) is 11.9 Å². The second-order valence-electron chi connectivity index (χ2n) is 5.11. The van der Waals surface area contributed by atoms with Crippen LogP contribution in [0.15, 0.2) is 51.3 Å². The summed E-state index contributed by atoms with van der Waals surface area (Å²) < 4.78 is 5.40. The number of anilines is 2. The lowest BCUT2D eigenvalue weighted by molar-refractivity contribution is -0.114. The Balaban J connectivity index is 1.64. The minimum Gasteiger partial charge on any atom is -0.460 e. The van der Waals surface area contributed by atoms with Crippen LogP contribution in [-0.4, -0.2) is 17.1 Å². The van der Waals surface area contributed by atoms with Crippen molar-refractivity contribution in [2.24, 2.45) is 5.10 Å². The van der Waals surface area contributed by atoms with Crippen LogP contribution in [0, 0.1) is 6.92 Å². The van der Waals surface area contributed by atoms with E-state index in [1.54, 1.807) is 6.21 Å². The molecular formula is C17H16N4O2S. The normalized spacial score (nSPS) is 10.9. The van der Waals surface area contributed by atoms with Gasteiger partial charge in [-0.05, 0) is 31.2 Å². The monoisotopic (exact) mass is 340 g/mol. The molecular weight excluding hydrogens is 324 g/mol. The largest absolute Gasteiger partial charge is 0.460 e. The van der Waals surface area contributed by atoms with Crippen LogP contribution in [0.5, 0.6) is 0 Å². The number of thiazole rings is 1. The zero-order valence-corrected chi connectivity index (χ0v) is 14.1. The summed E-state index contributed by atoms with van der Waals surface area (Å²) in [5, 5.41) is 9.48. The first kappa shape index (κ1) is 15.9. The van der Waals surface area contributed by atoms with Gasteiger partial charge < -0.3 is 9.73 Å². The van der Waals surface area contributed by atoms with Crippen molar-refractivity contribution >= 4 is 34.3 Å². The van der Waals surface area contributed by atoms with E-state index >= 15 is 0 Å². The summed E-state index contributed by atoms with van der Waals surface area (Å²) in [7, 11) is 0. The van der Waals surface area contributed by atoms with Gasteiger partial charge in [-0.15, -0.1) is 11.3 Å². The number of hydrogen-bond acceptors (Lipinski definition) is 6. The van der Waals surface area contributed by atoms with E-state index in [4.69, 9.17) is 4.42 Å². The standard InChI is InChI=1S/C17H16N4O2S/c1-11-3-8-15(23-11)9-18-21-17-20-16(10-24-17)13-4-6-14(7-5-13)19-12(2)22/h3-10H,1-2H3,(H,19,22)(H,20,21)/b18-9-. The maximum Gasteiger partial charge on any atom is 0.221 e. The molecule has 2 heterocycles. The Hall–Kier alpha value is -2.93. The molecule has 7 heteroatoms. The molecule has 1 amide bonds. The molecule has 122 valence electrons. The molecule has 0 aliphatic heterocycles. The molecule has 0 fully saturated rings. The molecule has 0 aliphatic carbocycles.